The number of rotatable bonds is 9. The van der Waals surface area contributed by atoms with Crippen LogP contribution in [0.3, 0.4) is 0 Å². The van der Waals surface area contributed by atoms with Crippen molar-refractivity contribution in [3.05, 3.63) is 35.2 Å². The first-order chi connectivity index (χ1) is 18.0. The average Bonchev–Trinajstić information content (AvgIpc) is 2.90. The van der Waals surface area contributed by atoms with Gasteiger partial charge in [-0.2, -0.15) is 4.99 Å². The zero-order valence-corrected chi connectivity index (χ0v) is 21.2. The van der Waals surface area contributed by atoms with Crippen molar-refractivity contribution in [2.45, 2.75) is 19.4 Å². The van der Waals surface area contributed by atoms with Crippen LogP contribution in [0.5, 0.6) is 0 Å². The van der Waals surface area contributed by atoms with Crippen LogP contribution in [0.1, 0.15) is 28.0 Å². The number of aliphatic imine (C=N–C) groups is 1. The smallest absolute Gasteiger partial charge is 0.328 e. The SMILES string of the molecule is COCCNc1cc(NC(=O)N2CCCc3cc(CN4CCOCC4=O)c(C=O)nc32)ncc1N=C=S. The number of pyridine rings is 2. The number of morpholine rings is 1. The van der Waals surface area contributed by atoms with Gasteiger partial charge in [-0.05, 0) is 36.7 Å². The summed E-state index contributed by atoms with van der Waals surface area (Å²) in [4.78, 5) is 53.2. The second-order valence-electron chi connectivity index (χ2n) is 8.40. The Morgan fingerprint density at radius 3 is 3.00 bits per heavy atom. The number of hydrogen-bond acceptors (Lipinski definition) is 10. The lowest BCUT2D eigenvalue weighted by Crippen LogP contribution is -2.42. The van der Waals surface area contributed by atoms with Gasteiger partial charge in [0.1, 0.15) is 29.6 Å². The van der Waals surface area contributed by atoms with E-state index < -0.39 is 6.03 Å². The van der Waals surface area contributed by atoms with Gasteiger partial charge in [-0.1, -0.05) is 0 Å². The molecule has 2 aromatic heterocycles. The summed E-state index contributed by atoms with van der Waals surface area (Å²) in [6.45, 7) is 2.61. The Bertz CT molecular complexity index is 1230. The molecular weight excluding hydrogens is 498 g/mol. The summed E-state index contributed by atoms with van der Waals surface area (Å²) in [7, 11) is 1.60. The lowest BCUT2D eigenvalue weighted by Gasteiger charge is -2.30. The number of fused-ring (bicyclic) bond motifs is 1. The van der Waals surface area contributed by atoms with Crippen molar-refractivity contribution in [2.24, 2.45) is 4.99 Å². The molecule has 2 aliphatic heterocycles. The summed E-state index contributed by atoms with van der Waals surface area (Å²) in [6, 6.07) is 3.09. The molecule has 2 aromatic rings. The molecule has 0 unspecified atom stereocenters. The molecule has 4 heterocycles. The summed E-state index contributed by atoms with van der Waals surface area (Å²) >= 11 is 4.71. The van der Waals surface area contributed by atoms with Gasteiger partial charge in [0.05, 0.1) is 30.3 Å². The van der Waals surface area contributed by atoms with Gasteiger partial charge in [-0.15, -0.1) is 0 Å². The Balaban J connectivity index is 1.55. The Morgan fingerprint density at radius 2 is 2.24 bits per heavy atom. The van der Waals surface area contributed by atoms with Gasteiger partial charge in [0.15, 0.2) is 6.29 Å². The van der Waals surface area contributed by atoms with E-state index in [2.05, 4.69) is 30.8 Å². The molecule has 0 atom stereocenters. The van der Waals surface area contributed by atoms with Crippen LogP contribution < -0.4 is 15.5 Å². The van der Waals surface area contributed by atoms with Gasteiger partial charge < -0.3 is 19.7 Å². The maximum atomic E-state index is 13.2. The molecule has 0 spiro atoms. The van der Waals surface area contributed by atoms with Crippen LogP contribution in [-0.2, 0) is 27.2 Å². The summed E-state index contributed by atoms with van der Waals surface area (Å²) in [5, 5.41) is 8.28. The predicted octanol–water partition coefficient (Wildman–Crippen LogP) is 2.43. The average molecular weight is 526 g/mol. The van der Waals surface area contributed by atoms with Gasteiger partial charge in [0.25, 0.3) is 0 Å². The molecule has 13 heteroatoms. The number of methoxy groups -OCH3 is 1. The van der Waals surface area contributed by atoms with Crippen molar-refractivity contribution in [1.82, 2.24) is 14.9 Å². The van der Waals surface area contributed by atoms with E-state index in [1.807, 2.05) is 6.07 Å². The number of amides is 3. The standard InChI is InChI=1S/C24H27N7O5S/c1-35-7-4-25-18-10-21(26-11-19(18)27-15-37)29-24(34)31-5-2-3-16-9-17(20(13-32)28-23(16)31)12-30-6-8-36-14-22(30)33/h9-11,13H,2-8,12,14H2,1H3,(H2,25,26,29,34). The van der Waals surface area contributed by atoms with Gasteiger partial charge in [-0.3, -0.25) is 19.8 Å². The Kier molecular flexibility index (Phi) is 8.86. The fourth-order valence-electron chi connectivity index (χ4n) is 4.17. The zero-order chi connectivity index (χ0) is 26.2. The van der Waals surface area contributed by atoms with Crippen LogP contribution in [-0.4, -0.2) is 84.8 Å². The molecule has 3 amide bonds. The highest BCUT2D eigenvalue weighted by molar-refractivity contribution is 7.78. The second-order valence-corrected chi connectivity index (χ2v) is 8.58. The van der Waals surface area contributed by atoms with Crippen LogP contribution in [0.15, 0.2) is 23.3 Å². The molecule has 2 aliphatic rings. The van der Waals surface area contributed by atoms with E-state index in [-0.39, 0.29) is 24.8 Å². The third-order valence-corrected chi connectivity index (χ3v) is 6.07. The largest absolute Gasteiger partial charge is 0.383 e. The molecule has 12 nitrogen and oxygen atoms in total. The summed E-state index contributed by atoms with van der Waals surface area (Å²) in [5.41, 5.74) is 2.78. The van der Waals surface area contributed by atoms with Crippen LogP contribution in [0, 0.1) is 0 Å². The van der Waals surface area contributed by atoms with E-state index in [0.29, 0.717) is 74.1 Å². The van der Waals surface area contributed by atoms with Crippen molar-refractivity contribution in [1.29, 1.82) is 0 Å². The maximum Gasteiger partial charge on any atom is 0.328 e. The van der Waals surface area contributed by atoms with E-state index in [4.69, 9.17) is 21.7 Å². The highest BCUT2D eigenvalue weighted by Gasteiger charge is 2.27. The molecule has 2 N–H and O–H groups in total. The number of urea groups is 1. The van der Waals surface area contributed by atoms with Gasteiger partial charge >= 0.3 is 6.03 Å². The molecule has 0 aromatic carbocycles. The number of hydrogen-bond donors (Lipinski definition) is 2. The first-order valence-corrected chi connectivity index (χ1v) is 12.2. The normalized spacial score (nSPS) is 15.0. The number of nitrogens with zero attached hydrogens (tertiary/aromatic N) is 5. The maximum absolute atomic E-state index is 13.2. The fourth-order valence-corrected chi connectivity index (χ4v) is 4.27. The van der Waals surface area contributed by atoms with Crippen molar-refractivity contribution in [3.8, 4) is 0 Å². The summed E-state index contributed by atoms with van der Waals surface area (Å²) in [6.07, 6.45) is 3.56. The fraction of sp³-hybridized carbons (Fsp3) is 0.417. The predicted molar refractivity (Wildman–Crippen MR) is 140 cm³/mol. The van der Waals surface area contributed by atoms with E-state index in [0.717, 1.165) is 12.0 Å². The number of nitrogens with one attached hydrogen (secondary N) is 2. The Labute approximate surface area is 219 Å². The number of ether oxygens (including phenoxy) is 2. The monoisotopic (exact) mass is 525 g/mol. The molecule has 0 radical (unpaired) electrons. The van der Waals surface area contributed by atoms with E-state index in [9.17, 15) is 14.4 Å². The van der Waals surface area contributed by atoms with Crippen LogP contribution >= 0.6 is 12.2 Å². The first-order valence-electron chi connectivity index (χ1n) is 11.8. The molecular formula is C24H27N7O5S. The topological polar surface area (TPSA) is 138 Å². The van der Waals surface area contributed by atoms with Gasteiger partial charge in [0, 0.05) is 44.9 Å². The quantitative estimate of drug-likeness (QED) is 0.219. The number of carbonyl (C=O) groups excluding carboxylic acids is 3. The number of thiocarbonyl (C=S) groups is 1. The number of aldehydes is 1. The third kappa shape index (κ3) is 6.33. The van der Waals surface area contributed by atoms with Crippen molar-refractivity contribution < 1.29 is 23.9 Å². The minimum atomic E-state index is -0.428. The van der Waals surface area contributed by atoms with Crippen molar-refractivity contribution in [2.75, 3.05) is 62.1 Å². The molecule has 4 rings (SSSR count). The molecule has 0 saturated carbocycles. The molecule has 0 aliphatic carbocycles. The second kappa shape index (κ2) is 12.5. The van der Waals surface area contributed by atoms with Crippen LogP contribution in [0.2, 0.25) is 0 Å². The Hall–Kier alpha value is -3.77. The minimum Gasteiger partial charge on any atom is -0.383 e. The summed E-state index contributed by atoms with van der Waals surface area (Å²) < 4.78 is 10.2. The first kappa shape index (κ1) is 26.3. The van der Waals surface area contributed by atoms with E-state index in [1.54, 1.807) is 18.1 Å². The minimum absolute atomic E-state index is 0.0270. The lowest BCUT2D eigenvalue weighted by molar-refractivity contribution is -0.143. The van der Waals surface area contributed by atoms with Gasteiger partial charge in [-0.25, -0.2) is 14.8 Å². The van der Waals surface area contributed by atoms with Crippen molar-refractivity contribution in [3.63, 3.8) is 0 Å². The van der Waals surface area contributed by atoms with E-state index >= 15 is 0 Å². The lowest BCUT2D eigenvalue weighted by atomic mass is 10.0. The van der Waals surface area contributed by atoms with Crippen LogP contribution in [0.4, 0.5) is 27.8 Å². The Morgan fingerprint density at radius 1 is 1.38 bits per heavy atom. The molecule has 0 bridgehead atoms. The molecule has 1 saturated heterocycles. The van der Waals surface area contributed by atoms with E-state index in [1.165, 1.54) is 11.1 Å². The number of aromatic nitrogens is 2. The highest BCUT2D eigenvalue weighted by Crippen LogP contribution is 2.30. The van der Waals surface area contributed by atoms with Crippen LogP contribution in [0.25, 0.3) is 0 Å². The van der Waals surface area contributed by atoms with Gasteiger partial charge in [0.2, 0.25) is 5.91 Å². The number of isothiocyanates is 1. The number of anilines is 3. The molecule has 1 fully saturated rings. The van der Waals surface area contributed by atoms with Crippen molar-refractivity contribution >= 4 is 58.6 Å². The highest BCUT2D eigenvalue weighted by atomic mass is 32.1. The molecule has 37 heavy (non-hydrogen) atoms. The zero-order valence-electron chi connectivity index (χ0n) is 20.4. The third-order valence-electron chi connectivity index (χ3n) is 5.98. The summed E-state index contributed by atoms with van der Waals surface area (Å²) in [5.74, 6) is 0.592. The molecule has 194 valence electrons. The number of carbonyl (C=O) groups is 3. The number of aryl methyl sites for hydroxylation is 1.